The van der Waals surface area contributed by atoms with Crippen LogP contribution in [0.2, 0.25) is 0 Å². The normalized spacial score (nSPS) is 17.8. The van der Waals surface area contributed by atoms with Gasteiger partial charge in [0.05, 0.1) is 18.2 Å². The number of carbonyl (C=O) groups is 1. The molecule has 160 valence electrons. The summed E-state index contributed by atoms with van der Waals surface area (Å²) in [5, 5.41) is 3.26. The van der Waals surface area contributed by atoms with E-state index in [4.69, 9.17) is 0 Å². The van der Waals surface area contributed by atoms with Crippen LogP contribution in [0.3, 0.4) is 0 Å². The van der Waals surface area contributed by atoms with Gasteiger partial charge in [0, 0.05) is 19.3 Å². The highest BCUT2D eigenvalue weighted by Gasteiger charge is 2.30. The lowest BCUT2D eigenvalue weighted by Gasteiger charge is -2.37. The number of nitrogens with zero attached hydrogens (tertiary/aromatic N) is 2. The highest BCUT2D eigenvalue weighted by atomic mass is 19.1. The number of carbonyl (C=O) groups excluding carboxylic acids is 1. The Morgan fingerprint density at radius 3 is 2.65 bits per heavy atom. The van der Waals surface area contributed by atoms with Crippen LogP contribution in [-0.2, 0) is 17.8 Å². The molecule has 5 heteroatoms. The molecule has 0 bridgehead atoms. The second-order valence-electron chi connectivity index (χ2n) is 8.23. The first kappa shape index (κ1) is 21.2. The van der Waals surface area contributed by atoms with E-state index in [1.54, 1.807) is 18.3 Å². The fourth-order valence-corrected chi connectivity index (χ4v) is 4.40. The minimum atomic E-state index is -0.203. The predicted molar refractivity (Wildman–Crippen MR) is 120 cm³/mol. The fraction of sp³-hybridized carbons (Fsp3) is 0.308. The van der Waals surface area contributed by atoms with E-state index in [2.05, 4.69) is 15.2 Å². The van der Waals surface area contributed by atoms with Crippen molar-refractivity contribution in [1.82, 2.24) is 15.2 Å². The highest BCUT2D eigenvalue weighted by Crippen LogP contribution is 2.30. The minimum absolute atomic E-state index is 0.00380. The molecule has 1 N–H and O–H groups in total. The van der Waals surface area contributed by atoms with Crippen molar-refractivity contribution in [3.05, 3.63) is 102 Å². The first-order valence-electron chi connectivity index (χ1n) is 10.9. The molecule has 1 amide bonds. The number of amides is 1. The largest absolute Gasteiger partial charge is 0.347 e. The van der Waals surface area contributed by atoms with Crippen LogP contribution in [-0.4, -0.2) is 28.9 Å². The summed E-state index contributed by atoms with van der Waals surface area (Å²) >= 11 is 0. The number of halogens is 1. The molecule has 31 heavy (non-hydrogen) atoms. The first-order valence-corrected chi connectivity index (χ1v) is 10.9. The van der Waals surface area contributed by atoms with Crippen molar-refractivity contribution in [3.8, 4) is 0 Å². The highest BCUT2D eigenvalue weighted by molar-refractivity contribution is 5.79. The van der Waals surface area contributed by atoms with Crippen LogP contribution in [0.1, 0.15) is 35.7 Å². The number of aromatic nitrogens is 1. The monoisotopic (exact) mass is 417 g/mol. The Labute approximate surface area is 183 Å². The number of nitrogens with one attached hydrogen (secondary N) is 1. The molecule has 1 saturated heterocycles. The Morgan fingerprint density at radius 2 is 1.87 bits per heavy atom. The predicted octanol–water partition coefficient (Wildman–Crippen LogP) is 4.53. The summed E-state index contributed by atoms with van der Waals surface area (Å²) in [6.07, 6.45) is 4.19. The lowest BCUT2D eigenvalue weighted by atomic mass is 9.88. The van der Waals surface area contributed by atoms with Crippen molar-refractivity contribution in [2.45, 2.75) is 31.8 Å². The molecule has 0 unspecified atom stereocenters. The minimum Gasteiger partial charge on any atom is -0.347 e. The van der Waals surface area contributed by atoms with E-state index in [0.29, 0.717) is 13.0 Å². The Hall–Kier alpha value is -3.05. The lowest BCUT2D eigenvalue weighted by molar-refractivity contribution is -0.121. The summed E-state index contributed by atoms with van der Waals surface area (Å²) in [6, 6.07) is 22.3. The van der Waals surface area contributed by atoms with E-state index >= 15 is 0 Å². The van der Waals surface area contributed by atoms with Gasteiger partial charge in [-0.25, -0.2) is 4.39 Å². The second kappa shape index (κ2) is 10.3. The van der Waals surface area contributed by atoms with E-state index in [1.807, 2.05) is 54.6 Å². The van der Waals surface area contributed by atoms with Gasteiger partial charge in [0.1, 0.15) is 5.82 Å². The average molecular weight is 418 g/mol. The molecule has 3 aromatic rings. The van der Waals surface area contributed by atoms with Gasteiger partial charge in [0.25, 0.3) is 0 Å². The Bertz CT molecular complexity index is 980. The smallest absolute Gasteiger partial charge is 0.224 e. The molecular weight excluding hydrogens is 389 g/mol. The van der Waals surface area contributed by atoms with Crippen molar-refractivity contribution in [2.24, 2.45) is 5.92 Å². The van der Waals surface area contributed by atoms with E-state index in [1.165, 1.54) is 6.07 Å². The molecule has 0 saturated carbocycles. The molecule has 0 spiro atoms. The quantitative estimate of drug-likeness (QED) is 0.614. The van der Waals surface area contributed by atoms with Gasteiger partial charge in [0.2, 0.25) is 5.91 Å². The van der Waals surface area contributed by atoms with Crippen LogP contribution in [0.4, 0.5) is 4.39 Å². The zero-order valence-electron chi connectivity index (χ0n) is 17.6. The zero-order valence-corrected chi connectivity index (χ0v) is 17.6. The molecule has 4 rings (SSSR count). The van der Waals surface area contributed by atoms with Crippen LogP contribution < -0.4 is 5.32 Å². The Balaban J connectivity index is 1.47. The van der Waals surface area contributed by atoms with Gasteiger partial charge in [-0.1, -0.05) is 48.5 Å². The molecule has 2 atom stereocenters. The molecule has 0 aliphatic carbocycles. The lowest BCUT2D eigenvalue weighted by Crippen LogP contribution is -2.43. The zero-order chi connectivity index (χ0) is 21.5. The summed E-state index contributed by atoms with van der Waals surface area (Å²) in [5.41, 5.74) is 2.86. The Morgan fingerprint density at radius 1 is 1.06 bits per heavy atom. The maximum absolute atomic E-state index is 13.6. The van der Waals surface area contributed by atoms with Gasteiger partial charge in [-0.2, -0.15) is 0 Å². The number of piperidine rings is 1. The molecule has 2 aromatic carbocycles. The average Bonchev–Trinajstić information content (AvgIpc) is 2.79. The molecule has 2 heterocycles. The SMILES string of the molecule is O=C(Cc1ccccc1)N[C@@H](c1ccccn1)[C@@H]1CCCN(Cc2cccc(F)c2)C1. The standard InChI is InChI=1S/C26H28FN3O/c27-23-12-6-10-21(16-23)18-30-15-7-11-22(19-30)26(24-13-4-5-14-28-24)29-25(31)17-20-8-2-1-3-9-20/h1-6,8-10,12-14,16,22,26H,7,11,15,17-19H2,(H,29,31)/t22-,26-/m1/s1. The van der Waals surface area contributed by atoms with Crippen LogP contribution in [0.5, 0.6) is 0 Å². The summed E-state index contributed by atoms with van der Waals surface area (Å²) < 4.78 is 13.6. The van der Waals surface area contributed by atoms with Crippen molar-refractivity contribution < 1.29 is 9.18 Å². The van der Waals surface area contributed by atoms with Crippen molar-refractivity contribution in [1.29, 1.82) is 0 Å². The maximum Gasteiger partial charge on any atom is 0.224 e. The van der Waals surface area contributed by atoms with E-state index < -0.39 is 0 Å². The van der Waals surface area contributed by atoms with Gasteiger partial charge in [-0.3, -0.25) is 14.7 Å². The maximum atomic E-state index is 13.6. The summed E-state index contributed by atoms with van der Waals surface area (Å²) in [4.78, 5) is 19.8. The van der Waals surface area contributed by atoms with Gasteiger partial charge >= 0.3 is 0 Å². The van der Waals surface area contributed by atoms with E-state index in [0.717, 1.165) is 42.8 Å². The van der Waals surface area contributed by atoms with Gasteiger partial charge in [-0.05, 0) is 60.7 Å². The van der Waals surface area contributed by atoms with Crippen LogP contribution in [0, 0.1) is 11.7 Å². The third-order valence-corrected chi connectivity index (χ3v) is 5.84. The van der Waals surface area contributed by atoms with Crippen LogP contribution >= 0.6 is 0 Å². The molecule has 0 radical (unpaired) electrons. The van der Waals surface area contributed by atoms with Gasteiger partial charge < -0.3 is 5.32 Å². The summed E-state index contributed by atoms with van der Waals surface area (Å²) in [5.74, 6) is 0.0478. The summed E-state index contributed by atoms with van der Waals surface area (Å²) in [7, 11) is 0. The third kappa shape index (κ3) is 5.98. The molecule has 1 aliphatic heterocycles. The second-order valence-corrected chi connectivity index (χ2v) is 8.23. The number of likely N-dealkylation sites (tertiary alicyclic amines) is 1. The van der Waals surface area contributed by atoms with E-state index in [-0.39, 0.29) is 23.7 Å². The van der Waals surface area contributed by atoms with Crippen molar-refractivity contribution >= 4 is 5.91 Å². The molecule has 1 aromatic heterocycles. The first-order chi connectivity index (χ1) is 15.2. The topological polar surface area (TPSA) is 45.2 Å². The molecule has 4 nitrogen and oxygen atoms in total. The van der Waals surface area contributed by atoms with E-state index in [9.17, 15) is 9.18 Å². The number of hydrogen-bond acceptors (Lipinski definition) is 3. The number of rotatable bonds is 7. The Kier molecular flexibility index (Phi) is 7.05. The number of benzene rings is 2. The molecular formula is C26H28FN3O. The number of hydrogen-bond donors (Lipinski definition) is 1. The fourth-order valence-electron chi connectivity index (χ4n) is 4.40. The van der Waals surface area contributed by atoms with Gasteiger partial charge in [-0.15, -0.1) is 0 Å². The van der Waals surface area contributed by atoms with Crippen LogP contribution in [0.25, 0.3) is 0 Å². The summed E-state index contributed by atoms with van der Waals surface area (Å²) in [6.45, 7) is 2.52. The number of pyridine rings is 1. The van der Waals surface area contributed by atoms with Crippen molar-refractivity contribution in [2.75, 3.05) is 13.1 Å². The molecule has 1 fully saturated rings. The van der Waals surface area contributed by atoms with Gasteiger partial charge in [0.15, 0.2) is 0 Å². The molecule has 1 aliphatic rings. The third-order valence-electron chi connectivity index (χ3n) is 5.84. The van der Waals surface area contributed by atoms with Crippen LogP contribution in [0.15, 0.2) is 79.0 Å². The van der Waals surface area contributed by atoms with Crippen molar-refractivity contribution in [3.63, 3.8) is 0 Å².